The largest absolute Gasteiger partial charge is 0.378 e. The van der Waals surface area contributed by atoms with Gasteiger partial charge in [0.05, 0.1) is 43.1 Å². The molecule has 186 valence electrons. The molecule has 0 bridgehead atoms. The number of ether oxygens (including phenoxy) is 1. The number of rotatable bonds is 9. The number of nitriles is 1. The molecule has 0 spiro atoms. The van der Waals surface area contributed by atoms with E-state index in [0.717, 1.165) is 11.4 Å². The summed E-state index contributed by atoms with van der Waals surface area (Å²) in [5.74, 6) is 0.871. The molecule has 1 aliphatic heterocycles. The zero-order chi connectivity index (χ0) is 25.3. The Kier molecular flexibility index (Phi) is 8.26. The monoisotopic (exact) mass is 487 g/mol. The molecule has 2 N–H and O–H groups in total. The minimum Gasteiger partial charge on any atom is -0.378 e. The molecule has 1 amide bonds. The number of piperazine rings is 1. The molecule has 36 heavy (non-hydrogen) atoms. The van der Waals surface area contributed by atoms with E-state index >= 15 is 0 Å². The van der Waals surface area contributed by atoms with Gasteiger partial charge >= 0.3 is 0 Å². The van der Waals surface area contributed by atoms with E-state index in [1.54, 1.807) is 25.4 Å². The summed E-state index contributed by atoms with van der Waals surface area (Å²) in [7, 11) is 0. The summed E-state index contributed by atoms with van der Waals surface area (Å²) >= 11 is 0. The van der Waals surface area contributed by atoms with Crippen LogP contribution in [0.4, 0.5) is 11.5 Å². The molecule has 3 aromatic rings. The smallest absolute Gasteiger partial charge is 0.269 e. The minimum atomic E-state index is -0.242. The Bertz CT molecular complexity index is 1250. The number of nitrogens with zero attached hydrogens (tertiary/aromatic N) is 5. The second-order valence-electron chi connectivity index (χ2n) is 8.56. The highest BCUT2D eigenvalue weighted by Crippen LogP contribution is 2.21. The van der Waals surface area contributed by atoms with Gasteiger partial charge in [0, 0.05) is 37.9 Å². The van der Waals surface area contributed by atoms with Crippen LogP contribution in [0, 0.1) is 18.3 Å². The number of anilines is 2. The predicted molar refractivity (Wildman–Crippen MR) is 136 cm³/mol. The molecule has 1 saturated heterocycles. The quantitative estimate of drug-likeness (QED) is 0.440. The SMILES string of the molecule is Cc1c(N[C@H](COCCC(=O)N2CCN(c3ccc(C#N)cn3)CC2)c2ccccc2)cn[nH]c1=O. The molecular weight excluding hydrogens is 458 g/mol. The van der Waals surface area contributed by atoms with Gasteiger partial charge in [0.1, 0.15) is 11.9 Å². The van der Waals surface area contributed by atoms with Crippen molar-refractivity contribution in [3.63, 3.8) is 0 Å². The summed E-state index contributed by atoms with van der Waals surface area (Å²) in [5.41, 5.74) is 2.49. The number of hydrogen-bond acceptors (Lipinski definition) is 8. The Morgan fingerprint density at radius 3 is 2.64 bits per heavy atom. The van der Waals surface area contributed by atoms with Crippen LogP contribution in [0.3, 0.4) is 0 Å². The van der Waals surface area contributed by atoms with Gasteiger partial charge in [-0.2, -0.15) is 10.4 Å². The van der Waals surface area contributed by atoms with Crippen molar-refractivity contribution in [2.45, 2.75) is 19.4 Å². The number of aromatic nitrogens is 3. The molecule has 1 aromatic carbocycles. The third-order valence-electron chi connectivity index (χ3n) is 6.21. The Balaban J connectivity index is 1.26. The summed E-state index contributed by atoms with van der Waals surface area (Å²) in [6.07, 6.45) is 3.45. The lowest BCUT2D eigenvalue weighted by Gasteiger charge is -2.35. The number of carbonyl (C=O) groups is 1. The topological polar surface area (TPSA) is 127 Å². The summed E-state index contributed by atoms with van der Waals surface area (Å²) in [6, 6.07) is 15.3. The van der Waals surface area contributed by atoms with Gasteiger partial charge in [-0.1, -0.05) is 30.3 Å². The van der Waals surface area contributed by atoms with E-state index in [2.05, 4.69) is 31.5 Å². The number of hydrogen-bond donors (Lipinski definition) is 2. The van der Waals surface area contributed by atoms with Crippen molar-refractivity contribution in [2.24, 2.45) is 0 Å². The highest BCUT2D eigenvalue weighted by molar-refractivity contribution is 5.76. The molecule has 0 radical (unpaired) electrons. The first-order valence-electron chi connectivity index (χ1n) is 11.9. The lowest BCUT2D eigenvalue weighted by molar-refractivity contribution is -0.132. The third kappa shape index (κ3) is 6.25. The van der Waals surface area contributed by atoms with Gasteiger partial charge in [0.25, 0.3) is 5.56 Å². The van der Waals surface area contributed by atoms with E-state index < -0.39 is 0 Å². The van der Waals surface area contributed by atoms with Gasteiger partial charge < -0.3 is 19.9 Å². The van der Waals surface area contributed by atoms with E-state index in [4.69, 9.17) is 10.00 Å². The number of aromatic amines is 1. The van der Waals surface area contributed by atoms with Crippen LogP contribution in [0.25, 0.3) is 0 Å². The third-order valence-corrected chi connectivity index (χ3v) is 6.21. The van der Waals surface area contributed by atoms with Crippen molar-refractivity contribution in [1.82, 2.24) is 20.1 Å². The first-order valence-corrected chi connectivity index (χ1v) is 11.9. The van der Waals surface area contributed by atoms with Gasteiger partial charge in [-0.25, -0.2) is 10.1 Å². The fraction of sp³-hybridized carbons (Fsp3) is 0.346. The van der Waals surface area contributed by atoms with Crippen LogP contribution in [0.15, 0.2) is 59.7 Å². The number of carbonyl (C=O) groups excluding carboxylic acids is 1. The van der Waals surface area contributed by atoms with Crippen LogP contribution in [-0.4, -0.2) is 65.4 Å². The number of benzene rings is 1. The van der Waals surface area contributed by atoms with Crippen molar-refractivity contribution in [1.29, 1.82) is 5.26 Å². The molecule has 0 saturated carbocycles. The van der Waals surface area contributed by atoms with Crippen LogP contribution in [0.5, 0.6) is 0 Å². The molecule has 3 heterocycles. The number of H-pyrrole nitrogens is 1. The maximum Gasteiger partial charge on any atom is 0.269 e. The number of nitrogens with one attached hydrogen (secondary N) is 2. The van der Waals surface area contributed by atoms with Crippen LogP contribution < -0.4 is 15.8 Å². The fourth-order valence-electron chi connectivity index (χ4n) is 4.04. The number of pyridine rings is 1. The molecule has 1 fully saturated rings. The molecule has 0 unspecified atom stereocenters. The molecule has 10 heteroatoms. The molecule has 10 nitrogen and oxygen atoms in total. The fourth-order valence-corrected chi connectivity index (χ4v) is 4.04. The van der Waals surface area contributed by atoms with Crippen molar-refractivity contribution in [2.75, 3.05) is 49.6 Å². The molecule has 1 aliphatic rings. The van der Waals surface area contributed by atoms with Crippen molar-refractivity contribution in [3.8, 4) is 6.07 Å². The average molecular weight is 488 g/mol. The normalized spacial score (nSPS) is 14.2. The predicted octanol–water partition coefficient (Wildman–Crippen LogP) is 2.25. The second kappa shape index (κ2) is 12.0. The zero-order valence-corrected chi connectivity index (χ0v) is 20.2. The summed E-state index contributed by atoms with van der Waals surface area (Å²) < 4.78 is 5.90. The lowest BCUT2D eigenvalue weighted by Crippen LogP contribution is -2.49. The van der Waals surface area contributed by atoms with Crippen LogP contribution in [-0.2, 0) is 9.53 Å². The Hall–Kier alpha value is -4.23. The Labute approximate surface area is 209 Å². The van der Waals surface area contributed by atoms with E-state index in [-0.39, 0.29) is 17.5 Å². The molecule has 1 atom stereocenters. The highest BCUT2D eigenvalue weighted by atomic mass is 16.5. The van der Waals surface area contributed by atoms with Gasteiger partial charge in [0.2, 0.25) is 5.91 Å². The summed E-state index contributed by atoms with van der Waals surface area (Å²) in [6.45, 7) is 4.98. The molecule has 4 rings (SSSR count). The Morgan fingerprint density at radius 1 is 1.17 bits per heavy atom. The van der Waals surface area contributed by atoms with Crippen molar-refractivity contribution in [3.05, 3.63) is 81.9 Å². The van der Waals surface area contributed by atoms with Crippen LogP contribution >= 0.6 is 0 Å². The Morgan fingerprint density at radius 2 is 1.94 bits per heavy atom. The molecule has 0 aliphatic carbocycles. The van der Waals surface area contributed by atoms with E-state index in [1.807, 2.05) is 41.3 Å². The second-order valence-corrected chi connectivity index (χ2v) is 8.56. The summed E-state index contributed by atoms with van der Waals surface area (Å²) in [4.78, 5) is 32.9. The lowest BCUT2D eigenvalue weighted by atomic mass is 10.1. The standard InChI is InChI=1S/C26H29N7O3/c1-19-22(17-29-31-26(19)35)30-23(21-5-3-2-4-6-21)18-36-14-9-25(34)33-12-10-32(11-13-33)24-8-7-20(15-27)16-28-24/h2-8,16-17,23H,9-14,18H2,1H3,(H2,30,31,35)/t23-/m1/s1. The molecule has 2 aromatic heterocycles. The van der Waals surface area contributed by atoms with E-state index in [1.165, 1.54) is 0 Å². The first-order chi connectivity index (χ1) is 17.5. The minimum absolute atomic E-state index is 0.0568. The maximum atomic E-state index is 12.7. The first kappa shape index (κ1) is 24.9. The molecular formula is C26H29N7O3. The maximum absolute atomic E-state index is 12.7. The van der Waals surface area contributed by atoms with Gasteiger partial charge in [-0.3, -0.25) is 9.59 Å². The average Bonchev–Trinajstić information content (AvgIpc) is 2.93. The van der Waals surface area contributed by atoms with E-state index in [9.17, 15) is 9.59 Å². The van der Waals surface area contributed by atoms with Crippen LogP contribution in [0.2, 0.25) is 0 Å². The van der Waals surface area contributed by atoms with Gasteiger partial charge in [0.15, 0.2) is 0 Å². The van der Waals surface area contributed by atoms with Crippen molar-refractivity contribution < 1.29 is 9.53 Å². The number of amides is 1. The highest BCUT2D eigenvalue weighted by Gasteiger charge is 2.22. The van der Waals surface area contributed by atoms with Crippen molar-refractivity contribution >= 4 is 17.4 Å². The van der Waals surface area contributed by atoms with Gasteiger partial charge in [-0.05, 0) is 24.6 Å². The van der Waals surface area contributed by atoms with Crippen LogP contribution in [0.1, 0.15) is 29.2 Å². The summed E-state index contributed by atoms with van der Waals surface area (Å²) in [5, 5.41) is 18.6. The van der Waals surface area contributed by atoms with E-state index in [0.29, 0.717) is 62.6 Å². The zero-order valence-electron chi connectivity index (χ0n) is 20.2. The van der Waals surface area contributed by atoms with Gasteiger partial charge in [-0.15, -0.1) is 0 Å².